The number of carbonyl (C=O) groups excluding carboxylic acids is 2. The van der Waals surface area contributed by atoms with Crippen LogP contribution >= 0.6 is 55.1 Å². The second kappa shape index (κ2) is 20.3. The number of ether oxygens (including phenoxy) is 10. The molecule has 61 heavy (non-hydrogen) atoms. The van der Waals surface area contributed by atoms with Gasteiger partial charge in [-0.05, 0) is 127 Å². The lowest BCUT2D eigenvalue weighted by atomic mass is 9.78. The Kier molecular flexibility index (Phi) is 15.4. The molecule has 0 aromatic heterocycles. The third kappa shape index (κ3) is 9.01. The van der Waals surface area contributed by atoms with Crippen LogP contribution in [-0.2, 0) is 44.7 Å². The third-order valence-electron chi connectivity index (χ3n) is 11.6. The summed E-state index contributed by atoms with van der Waals surface area (Å²) >= 11 is 17.0. The van der Waals surface area contributed by atoms with Crippen molar-refractivity contribution in [1.82, 2.24) is 0 Å². The van der Waals surface area contributed by atoms with Crippen LogP contribution in [0.3, 0.4) is 0 Å². The molecule has 4 aliphatic rings. The molecule has 0 bridgehead atoms. The van der Waals surface area contributed by atoms with E-state index in [2.05, 4.69) is 31.9 Å². The van der Waals surface area contributed by atoms with Crippen molar-refractivity contribution < 1.29 is 57.0 Å². The molecule has 2 aliphatic carbocycles. The topological polar surface area (TPSA) is 126 Å². The van der Waals surface area contributed by atoms with E-state index in [1.165, 1.54) is 0 Å². The maximum atomic E-state index is 12.4. The lowest BCUT2D eigenvalue weighted by molar-refractivity contribution is -0.142. The SMILES string of the molecule is COc1cc2c(cc1OC)-c1c(cc(OC)c(OC)c1Br)C[C@H]1C(=O)OC[C@@H]1C2.COc1cc2c(cc1OC)-c1c(cc(OC)c(OC)c1Br)C[C@H]1C(=O)OC[C@@H]1C2.ClCCl. The van der Waals surface area contributed by atoms with Gasteiger partial charge < -0.3 is 47.4 Å². The number of alkyl halides is 2. The van der Waals surface area contributed by atoms with E-state index in [4.69, 9.17) is 70.6 Å². The summed E-state index contributed by atoms with van der Waals surface area (Å²) in [7, 11) is 12.9. The first-order valence-corrected chi connectivity index (χ1v) is 21.9. The molecule has 328 valence electrons. The molecular weight excluding hydrogens is 963 g/mol. The number of methoxy groups -OCH3 is 8. The van der Waals surface area contributed by atoms with Gasteiger partial charge in [0.1, 0.15) is 0 Å². The first-order chi connectivity index (χ1) is 29.4. The van der Waals surface area contributed by atoms with Crippen molar-refractivity contribution in [3.8, 4) is 68.2 Å². The highest BCUT2D eigenvalue weighted by molar-refractivity contribution is 9.11. The smallest absolute Gasteiger partial charge is 0.309 e. The van der Waals surface area contributed by atoms with Crippen LogP contribution in [0.5, 0.6) is 46.0 Å². The minimum absolute atomic E-state index is 0.111. The molecule has 0 saturated carbocycles. The molecule has 0 N–H and O–H groups in total. The zero-order chi connectivity index (χ0) is 44.1. The van der Waals surface area contributed by atoms with Crippen LogP contribution in [0.15, 0.2) is 45.3 Å². The van der Waals surface area contributed by atoms with Crippen LogP contribution in [0.4, 0.5) is 0 Å². The van der Waals surface area contributed by atoms with Gasteiger partial charge in [0.15, 0.2) is 46.0 Å². The van der Waals surface area contributed by atoms with E-state index in [9.17, 15) is 9.59 Å². The molecule has 2 fully saturated rings. The standard InChI is InChI=1S/2C22H23BrO6.CH2Cl2/c2*1-25-16-7-11-5-13-10-29-22(24)15(13)6-12-8-18(27-3)21(28-4)20(23)19(12)14(11)9-17(16)26-2;2-1-3/h2*7-9,13,15H,5-6,10H2,1-4H3;1H2/t2*13-,15+;/m00./s1. The molecule has 0 radical (unpaired) electrons. The van der Waals surface area contributed by atoms with Crippen molar-refractivity contribution in [2.24, 2.45) is 23.7 Å². The van der Waals surface area contributed by atoms with Gasteiger partial charge in [-0.15, -0.1) is 23.2 Å². The summed E-state index contributed by atoms with van der Waals surface area (Å²) in [6.45, 7) is 0.863. The van der Waals surface area contributed by atoms with Crippen molar-refractivity contribution in [2.75, 3.05) is 75.4 Å². The molecule has 2 heterocycles. The van der Waals surface area contributed by atoms with Gasteiger partial charge in [0.25, 0.3) is 0 Å². The lowest BCUT2D eigenvalue weighted by Crippen LogP contribution is -2.23. The number of cyclic esters (lactones) is 2. The fraction of sp³-hybridized carbons (Fsp3) is 0.422. The van der Waals surface area contributed by atoms with Gasteiger partial charge in [0, 0.05) is 23.0 Å². The minimum Gasteiger partial charge on any atom is -0.493 e. The molecule has 0 spiro atoms. The largest absolute Gasteiger partial charge is 0.493 e. The van der Waals surface area contributed by atoms with Crippen LogP contribution in [-0.4, -0.2) is 87.4 Å². The average Bonchev–Trinajstić information content (AvgIpc) is 3.77. The van der Waals surface area contributed by atoms with Gasteiger partial charge in [-0.3, -0.25) is 9.59 Å². The fourth-order valence-electron chi connectivity index (χ4n) is 8.70. The normalized spacial score (nSPS) is 19.1. The van der Waals surface area contributed by atoms with Gasteiger partial charge in [0.2, 0.25) is 0 Å². The maximum Gasteiger partial charge on any atom is 0.309 e. The monoisotopic (exact) mass is 1010 g/mol. The van der Waals surface area contributed by atoms with Gasteiger partial charge in [0.05, 0.1) is 96.2 Å². The Hall–Kier alpha value is -4.24. The first-order valence-electron chi connectivity index (χ1n) is 19.3. The van der Waals surface area contributed by atoms with Crippen LogP contribution in [0.25, 0.3) is 22.3 Å². The Morgan fingerprint density at radius 3 is 1.11 bits per heavy atom. The highest BCUT2D eigenvalue weighted by Crippen LogP contribution is 2.52. The number of hydrogen-bond donors (Lipinski definition) is 0. The number of hydrogen-bond acceptors (Lipinski definition) is 12. The van der Waals surface area contributed by atoms with Gasteiger partial charge in [-0.2, -0.15) is 0 Å². The second-order valence-electron chi connectivity index (χ2n) is 14.6. The lowest BCUT2D eigenvalue weighted by Gasteiger charge is -2.27. The van der Waals surface area contributed by atoms with Crippen molar-refractivity contribution in [3.63, 3.8) is 0 Å². The second-order valence-corrected chi connectivity index (χ2v) is 17.0. The average molecular weight is 1010 g/mol. The van der Waals surface area contributed by atoms with Crippen molar-refractivity contribution in [3.05, 3.63) is 67.6 Å². The van der Waals surface area contributed by atoms with Gasteiger partial charge in [-0.1, -0.05) is 0 Å². The summed E-state index contributed by atoms with van der Waals surface area (Å²) < 4.78 is 56.9. The molecule has 0 amide bonds. The highest BCUT2D eigenvalue weighted by atomic mass is 79.9. The zero-order valence-electron chi connectivity index (χ0n) is 35.1. The summed E-state index contributed by atoms with van der Waals surface area (Å²) in [5.41, 5.74) is 8.11. The Labute approximate surface area is 382 Å². The summed E-state index contributed by atoms with van der Waals surface area (Å²) in [5, 5.41) is 0.194. The quantitative estimate of drug-likeness (QED) is 0.123. The highest BCUT2D eigenvalue weighted by Gasteiger charge is 2.42. The summed E-state index contributed by atoms with van der Waals surface area (Å²) in [4.78, 5) is 24.9. The van der Waals surface area contributed by atoms with Crippen LogP contribution < -0.4 is 37.9 Å². The first kappa shape index (κ1) is 46.3. The Bertz CT molecular complexity index is 2130. The Morgan fingerprint density at radius 2 is 0.803 bits per heavy atom. The third-order valence-corrected chi connectivity index (χ3v) is 13.1. The molecule has 0 unspecified atom stereocenters. The van der Waals surface area contributed by atoms with Crippen LogP contribution in [0.1, 0.15) is 22.3 Å². The molecular formula is C45H48Br2Cl2O12. The predicted molar refractivity (Wildman–Crippen MR) is 239 cm³/mol. The van der Waals surface area contributed by atoms with E-state index in [1.807, 2.05) is 36.4 Å². The van der Waals surface area contributed by atoms with Crippen molar-refractivity contribution in [1.29, 1.82) is 0 Å². The summed E-state index contributed by atoms with van der Waals surface area (Å²) in [5.74, 6) is 4.61. The van der Waals surface area contributed by atoms with Gasteiger partial charge in [-0.25, -0.2) is 0 Å². The predicted octanol–water partition coefficient (Wildman–Crippen LogP) is 9.50. The van der Waals surface area contributed by atoms with Crippen LogP contribution in [0, 0.1) is 23.7 Å². The number of carbonyl (C=O) groups is 2. The number of esters is 2. The molecule has 2 saturated heterocycles. The molecule has 2 aliphatic heterocycles. The molecule has 12 nitrogen and oxygen atoms in total. The van der Waals surface area contributed by atoms with Crippen molar-refractivity contribution >= 4 is 67.0 Å². The fourth-order valence-corrected chi connectivity index (χ4v) is 10.4. The van der Waals surface area contributed by atoms with Gasteiger partial charge >= 0.3 is 11.9 Å². The van der Waals surface area contributed by atoms with E-state index in [0.29, 0.717) is 84.9 Å². The zero-order valence-corrected chi connectivity index (χ0v) is 39.8. The van der Waals surface area contributed by atoms with E-state index in [1.54, 1.807) is 56.9 Å². The van der Waals surface area contributed by atoms with E-state index in [-0.39, 0.29) is 40.9 Å². The molecule has 8 rings (SSSR count). The molecule has 4 aromatic carbocycles. The van der Waals surface area contributed by atoms with E-state index >= 15 is 0 Å². The Balaban J connectivity index is 0.000000192. The summed E-state index contributed by atoms with van der Waals surface area (Å²) in [6.07, 6.45) is 2.58. The molecule has 4 aromatic rings. The summed E-state index contributed by atoms with van der Waals surface area (Å²) in [6, 6.07) is 11.9. The minimum atomic E-state index is -0.194. The number of rotatable bonds is 8. The van der Waals surface area contributed by atoms with Crippen molar-refractivity contribution in [2.45, 2.75) is 25.7 Å². The molecule has 4 atom stereocenters. The van der Waals surface area contributed by atoms with E-state index < -0.39 is 0 Å². The Morgan fingerprint density at radius 1 is 0.492 bits per heavy atom. The maximum absolute atomic E-state index is 12.4. The molecule has 16 heteroatoms. The van der Waals surface area contributed by atoms with E-state index in [0.717, 1.165) is 53.5 Å². The number of benzene rings is 4. The van der Waals surface area contributed by atoms with Crippen LogP contribution in [0.2, 0.25) is 0 Å². The number of halogens is 4. The number of fused-ring (bicyclic) bond motifs is 8.